The number of phenols is 1. The number of aromatic hydroxyl groups is 1. The van der Waals surface area contributed by atoms with E-state index in [1.54, 1.807) is 6.07 Å². The van der Waals surface area contributed by atoms with E-state index in [1.807, 2.05) is 24.3 Å². The summed E-state index contributed by atoms with van der Waals surface area (Å²) in [6.45, 7) is 6.95. The topological polar surface area (TPSA) is 37.6 Å². The first-order chi connectivity index (χ1) is 16.6. The van der Waals surface area contributed by atoms with Crippen molar-refractivity contribution in [1.82, 2.24) is 9.47 Å². The summed E-state index contributed by atoms with van der Waals surface area (Å²) in [6, 6.07) is 22.0. The molecule has 1 fully saturated rings. The third-order valence-electron chi connectivity index (χ3n) is 6.81. The van der Waals surface area contributed by atoms with Gasteiger partial charge in [-0.3, -0.25) is 4.90 Å². The van der Waals surface area contributed by atoms with Crippen LogP contribution in [-0.2, 0) is 6.54 Å². The van der Waals surface area contributed by atoms with Crippen LogP contribution in [0.2, 0.25) is 5.02 Å². The number of nitrogens with zero attached hydrogens (tertiary/aromatic N) is 2. The van der Waals surface area contributed by atoms with Gasteiger partial charge in [0.25, 0.3) is 0 Å². The number of fused-ring (bicyclic) bond motifs is 1. The molecule has 1 saturated heterocycles. The van der Waals surface area contributed by atoms with Gasteiger partial charge in [-0.1, -0.05) is 42.3 Å². The van der Waals surface area contributed by atoms with Gasteiger partial charge in [-0.25, -0.2) is 0 Å². The predicted molar refractivity (Wildman–Crippen MR) is 147 cm³/mol. The first-order valence-corrected chi connectivity index (χ1v) is 12.5. The summed E-state index contributed by atoms with van der Waals surface area (Å²) in [5, 5.41) is 11.9. The van der Waals surface area contributed by atoms with Crippen molar-refractivity contribution in [2.45, 2.75) is 32.7 Å². The average Bonchev–Trinajstić information content (AvgIpc) is 3.12. The summed E-state index contributed by atoms with van der Waals surface area (Å²) >= 11 is 6.15. The predicted octanol–water partition coefficient (Wildman–Crippen LogP) is 7.31. The van der Waals surface area contributed by atoms with E-state index in [-0.39, 0.29) is 18.2 Å². The SMILES string of the molecule is Cc1c(-c2ccc(Cl)cc2)n(Cc2ccc(OCCN3CCCCC3)cc2)c2ccc(O)cc12.Cl. The van der Waals surface area contributed by atoms with Crippen molar-refractivity contribution in [3.63, 3.8) is 0 Å². The molecule has 0 saturated carbocycles. The molecule has 1 aliphatic rings. The number of likely N-dealkylation sites (tertiary alicyclic amines) is 1. The lowest BCUT2D eigenvalue weighted by molar-refractivity contribution is 0.183. The molecule has 0 bridgehead atoms. The fraction of sp³-hybridized carbons (Fsp3) is 0.310. The number of hydrogen-bond donors (Lipinski definition) is 1. The van der Waals surface area contributed by atoms with Gasteiger partial charge >= 0.3 is 0 Å². The monoisotopic (exact) mass is 510 g/mol. The van der Waals surface area contributed by atoms with Crippen LogP contribution in [-0.4, -0.2) is 40.8 Å². The molecule has 1 aromatic heterocycles. The number of phenolic OH excluding ortho intramolecular Hbond substituents is 1. The Labute approximate surface area is 218 Å². The number of rotatable bonds is 7. The molecular formula is C29H32Cl2N2O2. The number of benzene rings is 3. The Hall–Kier alpha value is -2.66. The molecule has 4 nitrogen and oxygen atoms in total. The molecule has 0 spiro atoms. The molecule has 6 heteroatoms. The molecule has 3 aromatic carbocycles. The summed E-state index contributed by atoms with van der Waals surface area (Å²) < 4.78 is 8.34. The van der Waals surface area contributed by atoms with Crippen molar-refractivity contribution in [2.75, 3.05) is 26.2 Å². The molecule has 0 unspecified atom stereocenters. The maximum Gasteiger partial charge on any atom is 0.119 e. The van der Waals surface area contributed by atoms with Crippen LogP contribution >= 0.6 is 24.0 Å². The van der Waals surface area contributed by atoms with Crippen LogP contribution in [0, 0.1) is 6.92 Å². The standard InChI is InChI=1S/C29H31ClN2O2.ClH/c1-21-27-19-25(33)11-14-28(27)32(29(21)23-7-9-24(30)10-8-23)20-22-5-12-26(13-6-22)34-18-17-31-15-3-2-4-16-31;/h5-14,19,33H,2-4,15-18,20H2,1H3;1H. The highest BCUT2D eigenvalue weighted by atomic mass is 35.5. The van der Waals surface area contributed by atoms with Crippen molar-refractivity contribution in [3.8, 4) is 22.8 Å². The third-order valence-corrected chi connectivity index (χ3v) is 7.06. The summed E-state index contributed by atoms with van der Waals surface area (Å²) in [6.07, 6.45) is 3.97. The van der Waals surface area contributed by atoms with Crippen LogP contribution in [0.5, 0.6) is 11.5 Å². The van der Waals surface area contributed by atoms with Gasteiger partial charge in [0.2, 0.25) is 0 Å². The molecule has 184 valence electrons. The third kappa shape index (κ3) is 5.78. The lowest BCUT2D eigenvalue weighted by Crippen LogP contribution is -2.33. The lowest BCUT2D eigenvalue weighted by Gasteiger charge is -2.26. The molecule has 2 heterocycles. The Kier molecular flexibility index (Phi) is 8.27. The van der Waals surface area contributed by atoms with Crippen LogP contribution in [0.15, 0.2) is 66.7 Å². The number of piperidine rings is 1. The number of halogens is 2. The van der Waals surface area contributed by atoms with Gasteiger partial charge in [-0.2, -0.15) is 0 Å². The van der Waals surface area contributed by atoms with Crippen molar-refractivity contribution in [3.05, 3.63) is 82.9 Å². The quantitative estimate of drug-likeness (QED) is 0.283. The number of ether oxygens (including phenoxy) is 1. The molecule has 1 aliphatic heterocycles. The second-order valence-corrected chi connectivity index (χ2v) is 9.60. The van der Waals surface area contributed by atoms with Crippen LogP contribution in [0.25, 0.3) is 22.2 Å². The van der Waals surface area contributed by atoms with Gasteiger partial charge in [-0.05, 0) is 92.0 Å². The average molecular weight is 511 g/mol. The fourth-order valence-corrected chi connectivity index (χ4v) is 5.13. The van der Waals surface area contributed by atoms with Crippen LogP contribution < -0.4 is 4.74 Å². The van der Waals surface area contributed by atoms with Crippen molar-refractivity contribution in [2.24, 2.45) is 0 Å². The smallest absolute Gasteiger partial charge is 0.119 e. The minimum absolute atomic E-state index is 0. The summed E-state index contributed by atoms with van der Waals surface area (Å²) in [7, 11) is 0. The Morgan fingerprint density at radius 1 is 0.914 bits per heavy atom. The molecule has 0 amide bonds. The van der Waals surface area contributed by atoms with E-state index in [2.05, 4.69) is 52.8 Å². The van der Waals surface area contributed by atoms with E-state index in [4.69, 9.17) is 16.3 Å². The van der Waals surface area contributed by atoms with E-state index in [1.165, 1.54) is 37.9 Å². The Bertz CT molecular complexity index is 1260. The van der Waals surface area contributed by atoms with Crippen LogP contribution in [0.3, 0.4) is 0 Å². The van der Waals surface area contributed by atoms with Crippen molar-refractivity contribution < 1.29 is 9.84 Å². The highest BCUT2D eigenvalue weighted by molar-refractivity contribution is 6.30. The number of aromatic nitrogens is 1. The van der Waals surface area contributed by atoms with Crippen LogP contribution in [0.4, 0.5) is 0 Å². The maximum absolute atomic E-state index is 10.1. The van der Waals surface area contributed by atoms with E-state index < -0.39 is 0 Å². The zero-order valence-corrected chi connectivity index (χ0v) is 21.6. The Balaban J connectivity index is 0.00000289. The first kappa shape index (κ1) is 25.4. The number of aryl methyl sites for hydroxylation is 1. The van der Waals surface area contributed by atoms with Crippen molar-refractivity contribution >= 4 is 34.9 Å². The molecule has 5 rings (SSSR count). The second-order valence-electron chi connectivity index (χ2n) is 9.16. The van der Waals surface area contributed by atoms with Gasteiger partial charge in [0.1, 0.15) is 18.1 Å². The molecule has 0 aliphatic carbocycles. The molecule has 4 aromatic rings. The molecule has 35 heavy (non-hydrogen) atoms. The van der Waals surface area contributed by atoms with Crippen LogP contribution in [0.1, 0.15) is 30.4 Å². The van der Waals surface area contributed by atoms with E-state index >= 15 is 0 Å². The minimum Gasteiger partial charge on any atom is -0.508 e. The summed E-state index contributed by atoms with van der Waals surface area (Å²) in [4.78, 5) is 2.49. The van der Waals surface area contributed by atoms with Gasteiger partial charge in [0.05, 0.1) is 5.69 Å². The summed E-state index contributed by atoms with van der Waals surface area (Å²) in [5.41, 5.74) is 5.69. The zero-order chi connectivity index (χ0) is 23.5. The first-order valence-electron chi connectivity index (χ1n) is 12.1. The maximum atomic E-state index is 10.1. The van der Waals surface area contributed by atoms with E-state index in [9.17, 15) is 5.11 Å². The number of hydrogen-bond acceptors (Lipinski definition) is 3. The molecule has 0 atom stereocenters. The minimum atomic E-state index is 0. The lowest BCUT2D eigenvalue weighted by atomic mass is 10.1. The normalized spacial score (nSPS) is 14.1. The highest BCUT2D eigenvalue weighted by Crippen LogP contribution is 2.36. The van der Waals surface area contributed by atoms with E-state index in [0.29, 0.717) is 0 Å². The molecule has 1 N–H and O–H groups in total. The van der Waals surface area contributed by atoms with E-state index in [0.717, 1.165) is 58.2 Å². The molecule has 0 radical (unpaired) electrons. The van der Waals surface area contributed by atoms with Gasteiger partial charge < -0.3 is 14.4 Å². The zero-order valence-electron chi connectivity index (χ0n) is 20.0. The summed E-state index contributed by atoms with van der Waals surface area (Å²) in [5.74, 6) is 1.19. The second kappa shape index (κ2) is 11.4. The Morgan fingerprint density at radius 3 is 2.34 bits per heavy atom. The van der Waals surface area contributed by atoms with Gasteiger partial charge in [-0.15, -0.1) is 12.4 Å². The van der Waals surface area contributed by atoms with Gasteiger partial charge in [0.15, 0.2) is 0 Å². The van der Waals surface area contributed by atoms with Crippen molar-refractivity contribution in [1.29, 1.82) is 0 Å². The highest BCUT2D eigenvalue weighted by Gasteiger charge is 2.17. The molecular weight excluding hydrogens is 479 g/mol. The Morgan fingerprint density at radius 2 is 1.63 bits per heavy atom. The fourth-order valence-electron chi connectivity index (χ4n) is 5.00. The van der Waals surface area contributed by atoms with Gasteiger partial charge in [0, 0.05) is 29.0 Å². The largest absolute Gasteiger partial charge is 0.508 e.